The van der Waals surface area contributed by atoms with Crippen molar-refractivity contribution in [1.29, 1.82) is 0 Å². The molecular formula is C9H18N2OS. The lowest BCUT2D eigenvalue weighted by Crippen LogP contribution is -2.52. The van der Waals surface area contributed by atoms with Crippen LogP contribution in [0.2, 0.25) is 0 Å². The molecule has 1 saturated heterocycles. The van der Waals surface area contributed by atoms with Gasteiger partial charge in [-0.3, -0.25) is 0 Å². The fraction of sp³-hybridized carbons (Fsp3) is 0.889. The lowest BCUT2D eigenvalue weighted by molar-refractivity contribution is 0.0327. The SMILES string of the molecule is CC(C)NC(=S)N1CCOCC1C. The number of nitrogens with one attached hydrogen (secondary N) is 1. The van der Waals surface area contributed by atoms with Crippen LogP contribution in [0, 0.1) is 0 Å². The Kier molecular flexibility index (Phi) is 3.93. The van der Waals surface area contributed by atoms with E-state index < -0.39 is 0 Å². The first kappa shape index (κ1) is 10.7. The van der Waals surface area contributed by atoms with Crippen LogP contribution in [-0.4, -0.2) is 41.9 Å². The Morgan fingerprint density at radius 3 is 2.85 bits per heavy atom. The Balaban J connectivity index is 2.44. The molecule has 1 atom stereocenters. The molecule has 3 nitrogen and oxygen atoms in total. The largest absolute Gasteiger partial charge is 0.377 e. The van der Waals surface area contributed by atoms with Gasteiger partial charge in [0.15, 0.2) is 5.11 Å². The minimum atomic E-state index is 0.396. The van der Waals surface area contributed by atoms with E-state index in [2.05, 4.69) is 31.0 Å². The van der Waals surface area contributed by atoms with Crippen molar-refractivity contribution in [3.63, 3.8) is 0 Å². The first-order valence-electron chi connectivity index (χ1n) is 4.76. The summed E-state index contributed by atoms with van der Waals surface area (Å²) < 4.78 is 5.34. The summed E-state index contributed by atoms with van der Waals surface area (Å²) in [5.41, 5.74) is 0. The van der Waals surface area contributed by atoms with Gasteiger partial charge < -0.3 is 15.0 Å². The smallest absolute Gasteiger partial charge is 0.169 e. The molecule has 0 bridgehead atoms. The number of rotatable bonds is 1. The van der Waals surface area contributed by atoms with E-state index in [4.69, 9.17) is 17.0 Å². The van der Waals surface area contributed by atoms with Crippen LogP contribution in [0.3, 0.4) is 0 Å². The maximum absolute atomic E-state index is 5.34. The lowest BCUT2D eigenvalue weighted by atomic mass is 10.3. The molecule has 1 aliphatic rings. The van der Waals surface area contributed by atoms with Crippen LogP contribution >= 0.6 is 12.2 Å². The maximum Gasteiger partial charge on any atom is 0.169 e. The second-order valence-electron chi connectivity index (χ2n) is 3.72. The minimum absolute atomic E-state index is 0.396. The molecule has 0 aromatic carbocycles. The van der Waals surface area contributed by atoms with E-state index in [0.29, 0.717) is 12.1 Å². The highest BCUT2D eigenvalue weighted by molar-refractivity contribution is 7.80. The highest BCUT2D eigenvalue weighted by atomic mass is 32.1. The summed E-state index contributed by atoms with van der Waals surface area (Å²) in [6.45, 7) is 8.78. The van der Waals surface area contributed by atoms with Crippen molar-refractivity contribution < 1.29 is 4.74 Å². The number of hydrogen-bond donors (Lipinski definition) is 1. The van der Waals surface area contributed by atoms with Gasteiger partial charge in [-0.15, -0.1) is 0 Å². The Morgan fingerprint density at radius 1 is 1.62 bits per heavy atom. The zero-order valence-electron chi connectivity index (χ0n) is 8.54. The normalized spacial score (nSPS) is 23.4. The molecule has 0 aromatic rings. The van der Waals surface area contributed by atoms with Gasteiger partial charge >= 0.3 is 0 Å². The van der Waals surface area contributed by atoms with Crippen LogP contribution in [-0.2, 0) is 4.74 Å². The monoisotopic (exact) mass is 202 g/mol. The van der Waals surface area contributed by atoms with E-state index in [9.17, 15) is 0 Å². The second kappa shape index (κ2) is 4.77. The fourth-order valence-electron chi connectivity index (χ4n) is 1.36. The first-order chi connectivity index (χ1) is 6.11. The van der Waals surface area contributed by atoms with Crippen molar-refractivity contribution >= 4 is 17.3 Å². The number of thiocarbonyl (C=S) groups is 1. The Bertz CT molecular complexity index is 184. The van der Waals surface area contributed by atoms with Gasteiger partial charge in [-0.1, -0.05) is 0 Å². The van der Waals surface area contributed by atoms with Crippen LogP contribution in [0.15, 0.2) is 0 Å². The standard InChI is InChI=1S/C9H18N2OS/c1-7(2)10-9(13)11-4-5-12-6-8(11)3/h7-8H,4-6H2,1-3H3,(H,10,13). The summed E-state index contributed by atoms with van der Waals surface area (Å²) in [6, 6.07) is 0.801. The van der Waals surface area contributed by atoms with Crippen molar-refractivity contribution in [2.45, 2.75) is 32.9 Å². The third kappa shape index (κ3) is 3.12. The molecule has 0 aromatic heterocycles. The zero-order valence-corrected chi connectivity index (χ0v) is 9.36. The molecule has 76 valence electrons. The van der Waals surface area contributed by atoms with Crippen molar-refractivity contribution in [2.24, 2.45) is 0 Å². The van der Waals surface area contributed by atoms with Gasteiger partial charge in [-0.2, -0.15) is 0 Å². The molecule has 0 radical (unpaired) electrons. The van der Waals surface area contributed by atoms with Crippen molar-refractivity contribution in [3.8, 4) is 0 Å². The molecule has 0 spiro atoms. The van der Waals surface area contributed by atoms with Crippen LogP contribution in [0.25, 0.3) is 0 Å². The molecule has 1 unspecified atom stereocenters. The summed E-state index contributed by atoms with van der Waals surface area (Å²) in [5, 5.41) is 4.10. The number of ether oxygens (including phenoxy) is 1. The van der Waals surface area contributed by atoms with Gasteiger partial charge in [0, 0.05) is 12.6 Å². The second-order valence-corrected chi connectivity index (χ2v) is 4.11. The predicted molar refractivity (Wildman–Crippen MR) is 57.9 cm³/mol. The molecule has 1 fully saturated rings. The zero-order chi connectivity index (χ0) is 9.84. The summed E-state index contributed by atoms with van der Waals surface area (Å²) in [6.07, 6.45) is 0. The minimum Gasteiger partial charge on any atom is -0.377 e. The fourth-order valence-corrected chi connectivity index (χ4v) is 1.87. The topological polar surface area (TPSA) is 24.5 Å². The van der Waals surface area contributed by atoms with E-state index >= 15 is 0 Å². The third-order valence-corrected chi connectivity index (χ3v) is 2.39. The Hall–Kier alpha value is -0.350. The molecule has 0 saturated carbocycles. The van der Waals surface area contributed by atoms with Gasteiger partial charge in [-0.05, 0) is 33.0 Å². The van der Waals surface area contributed by atoms with E-state index in [-0.39, 0.29) is 0 Å². The van der Waals surface area contributed by atoms with Crippen molar-refractivity contribution in [3.05, 3.63) is 0 Å². The van der Waals surface area contributed by atoms with Gasteiger partial charge in [0.25, 0.3) is 0 Å². The van der Waals surface area contributed by atoms with Crippen LogP contribution in [0.1, 0.15) is 20.8 Å². The van der Waals surface area contributed by atoms with Gasteiger partial charge in [0.2, 0.25) is 0 Å². The maximum atomic E-state index is 5.34. The average Bonchev–Trinajstić information content (AvgIpc) is 2.03. The summed E-state index contributed by atoms with van der Waals surface area (Å²) in [5.74, 6) is 0. The number of hydrogen-bond acceptors (Lipinski definition) is 2. The number of nitrogens with zero attached hydrogens (tertiary/aromatic N) is 1. The molecule has 1 aliphatic heterocycles. The van der Waals surface area contributed by atoms with E-state index in [1.165, 1.54) is 0 Å². The summed E-state index contributed by atoms with van der Waals surface area (Å²) in [4.78, 5) is 2.19. The van der Waals surface area contributed by atoms with Gasteiger partial charge in [0.05, 0.1) is 19.3 Å². The molecule has 13 heavy (non-hydrogen) atoms. The Labute approximate surface area is 85.4 Å². The van der Waals surface area contributed by atoms with Gasteiger partial charge in [-0.25, -0.2) is 0 Å². The third-order valence-electron chi connectivity index (χ3n) is 2.04. The molecule has 0 aliphatic carbocycles. The summed E-state index contributed by atoms with van der Waals surface area (Å²) in [7, 11) is 0. The molecule has 1 heterocycles. The molecule has 4 heteroatoms. The lowest BCUT2D eigenvalue weighted by Gasteiger charge is -2.36. The Morgan fingerprint density at radius 2 is 2.31 bits per heavy atom. The molecule has 1 N–H and O–H groups in total. The predicted octanol–water partition coefficient (Wildman–Crippen LogP) is 0.990. The molecule has 0 amide bonds. The molecule has 1 rings (SSSR count). The number of morpholine rings is 1. The van der Waals surface area contributed by atoms with Crippen LogP contribution in [0.4, 0.5) is 0 Å². The highest BCUT2D eigenvalue weighted by Crippen LogP contribution is 2.06. The van der Waals surface area contributed by atoms with E-state index in [1.807, 2.05) is 0 Å². The highest BCUT2D eigenvalue weighted by Gasteiger charge is 2.20. The average molecular weight is 202 g/mol. The summed E-state index contributed by atoms with van der Waals surface area (Å²) >= 11 is 5.29. The van der Waals surface area contributed by atoms with Gasteiger partial charge in [0.1, 0.15) is 0 Å². The van der Waals surface area contributed by atoms with Crippen molar-refractivity contribution in [1.82, 2.24) is 10.2 Å². The van der Waals surface area contributed by atoms with E-state index in [1.54, 1.807) is 0 Å². The van der Waals surface area contributed by atoms with Crippen molar-refractivity contribution in [2.75, 3.05) is 19.8 Å². The van der Waals surface area contributed by atoms with Crippen LogP contribution < -0.4 is 5.32 Å². The first-order valence-corrected chi connectivity index (χ1v) is 5.17. The van der Waals surface area contributed by atoms with E-state index in [0.717, 1.165) is 24.9 Å². The quantitative estimate of drug-likeness (QED) is 0.641. The molecular weight excluding hydrogens is 184 g/mol. The van der Waals surface area contributed by atoms with Crippen LogP contribution in [0.5, 0.6) is 0 Å².